The first-order chi connectivity index (χ1) is 11.2. The van der Waals surface area contributed by atoms with Gasteiger partial charge in [0.25, 0.3) is 0 Å². The predicted molar refractivity (Wildman–Crippen MR) is 92.3 cm³/mol. The van der Waals surface area contributed by atoms with Gasteiger partial charge in [-0.2, -0.15) is 0 Å². The molecule has 0 unspecified atom stereocenters. The normalized spacial score (nSPS) is 10.9. The number of fused-ring (bicyclic) bond motifs is 1. The third-order valence-electron chi connectivity index (χ3n) is 3.96. The summed E-state index contributed by atoms with van der Waals surface area (Å²) >= 11 is 0. The van der Waals surface area contributed by atoms with E-state index in [1.165, 1.54) is 0 Å². The number of benzene rings is 2. The Bertz CT molecular complexity index is 863. The molecule has 23 heavy (non-hydrogen) atoms. The topological polar surface area (TPSA) is 39.4 Å². The van der Waals surface area contributed by atoms with Gasteiger partial charge in [-0.1, -0.05) is 37.3 Å². The number of hydrogen-bond acceptors (Lipinski definition) is 3. The lowest BCUT2D eigenvalue weighted by Gasteiger charge is -2.10. The molecule has 0 N–H and O–H groups in total. The lowest BCUT2D eigenvalue weighted by molar-refractivity contribution is 0.317. The summed E-state index contributed by atoms with van der Waals surface area (Å²) in [5.74, 6) is 0.734. The Kier molecular flexibility index (Phi) is 4.47. The van der Waals surface area contributed by atoms with Crippen LogP contribution in [0.1, 0.15) is 30.0 Å². The average molecular weight is 308 g/mol. The van der Waals surface area contributed by atoms with E-state index < -0.39 is 0 Å². The van der Waals surface area contributed by atoms with Crippen molar-refractivity contribution in [1.82, 2.24) is 0 Å². The zero-order valence-corrected chi connectivity index (χ0v) is 13.5. The first kappa shape index (κ1) is 15.3. The molecule has 1 aromatic heterocycles. The maximum atomic E-state index is 12.4. The second-order valence-electron chi connectivity index (χ2n) is 5.66. The Labute approximate surface area is 135 Å². The molecule has 0 aliphatic heterocycles. The molecule has 3 rings (SSSR count). The fraction of sp³-hybridized carbons (Fsp3) is 0.250. The molecule has 0 bridgehead atoms. The molecule has 0 spiro atoms. The third-order valence-corrected chi connectivity index (χ3v) is 3.96. The second-order valence-corrected chi connectivity index (χ2v) is 5.66. The van der Waals surface area contributed by atoms with Gasteiger partial charge in [-0.25, -0.2) is 4.79 Å². The summed E-state index contributed by atoms with van der Waals surface area (Å²) in [5.41, 5.74) is 3.10. The number of aryl methyl sites for hydroxylation is 1. The van der Waals surface area contributed by atoms with Gasteiger partial charge in [0, 0.05) is 23.4 Å². The number of ether oxygens (including phenoxy) is 1. The van der Waals surface area contributed by atoms with E-state index in [0.29, 0.717) is 24.2 Å². The Balaban J connectivity index is 2.02. The Morgan fingerprint density at radius 3 is 2.61 bits per heavy atom. The fourth-order valence-electron chi connectivity index (χ4n) is 2.69. The molecule has 0 saturated carbocycles. The van der Waals surface area contributed by atoms with Gasteiger partial charge in [0.15, 0.2) is 0 Å². The highest BCUT2D eigenvalue weighted by molar-refractivity contribution is 5.82. The summed E-state index contributed by atoms with van der Waals surface area (Å²) < 4.78 is 11.1. The van der Waals surface area contributed by atoms with Crippen LogP contribution in [-0.2, 0) is 6.42 Å². The third kappa shape index (κ3) is 3.29. The van der Waals surface area contributed by atoms with Crippen molar-refractivity contribution in [2.75, 3.05) is 6.61 Å². The molecule has 1 heterocycles. The smallest absolute Gasteiger partial charge is 0.340 e. The zero-order valence-electron chi connectivity index (χ0n) is 13.5. The minimum absolute atomic E-state index is 0.272. The van der Waals surface area contributed by atoms with E-state index in [2.05, 4.69) is 6.92 Å². The highest BCUT2D eigenvalue weighted by atomic mass is 16.5. The van der Waals surface area contributed by atoms with Gasteiger partial charge in [-0.15, -0.1) is 0 Å². The molecule has 3 heteroatoms. The Hall–Kier alpha value is -2.55. The summed E-state index contributed by atoms with van der Waals surface area (Å²) in [6.45, 7) is 4.69. The molecule has 0 radical (unpaired) electrons. The van der Waals surface area contributed by atoms with Crippen LogP contribution >= 0.6 is 0 Å². The summed E-state index contributed by atoms with van der Waals surface area (Å²) in [5, 5.41) is 0.958. The number of rotatable bonds is 5. The van der Waals surface area contributed by atoms with Crippen LogP contribution in [0.3, 0.4) is 0 Å². The zero-order chi connectivity index (χ0) is 16.2. The molecule has 2 aromatic carbocycles. The average Bonchev–Trinajstić information content (AvgIpc) is 2.57. The molecule has 0 fully saturated rings. The molecule has 0 atom stereocenters. The number of hydrogen-bond donors (Lipinski definition) is 0. The van der Waals surface area contributed by atoms with Crippen molar-refractivity contribution in [3.63, 3.8) is 0 Å². The van der Waals surface area contributed by atoms with Crippen molar-refractivity contribution in [3.8, 4) is 5.75 Å². The van der Waals surface area contributed by atoms with Crippen LogP contribution in [0.15, 0.2) is 57.7 Å². The monoisotopic (exact) mass is 308 g/mol. The van der Waals surface area contributed by atoms with Gasteiger partial charge in [0.05, 0.1) is 6.61 Å². The minimum atomic E-state index is -0.272. The van der Waals surface area contributed by atoms with Gasteiger partial charge in [-0.3, -0.25) is 0 Å². The van der Waals surface area contributed by atoms with Crippen molar-refractivity contribution < 1.29 is 9.15 Å². The highest BCUT2D eigenvalue weighted by Crippen LogP contribution is 2.25. The van der Waals surface area contributed by atoms with Crippen LogP contribution in [0.2, 0.25) is 0 Å². The van der Waals surface area contributed by atoms with E-state index in [0.717, 1.165) is 28.7 Å². The van der Waals surface area contributed by atoms with Gasteiger partial charge >= 0.3 is 5.63 Å². The van der Waals surface area contributed by atoms with Crippen molar-refractivity contribution >= 4 is 11.0 Å². The van der Waals surface area contributed by atoms with Crippen LogP contribution in [0.25, 0.3) is 11.0 Å². The molecule has 118 valence electrons. The molecule has 0 amide bonds. The molecular formula is C20H20O3. The molecule has 0 aliphatic rings. The van der Waals surface area contributed by atoms with E-state index in [1.54, 1.807) is 6.07 Å². The Morgan fingerprint density at radius 2 is 1.87 bits per heavy atom. The lowest BCUT2D eigenvalue weighted by Crippen LogP contribution is -2.11. The van der Waals surface area contributed by atoms with E-state index >= 15 is 0 Å². The van der Waals surface area contributed by atoms with Crippen molar-refractivity contribution in [2.45, 2.75) is 26.7 Å². The van der Waals surface area contributed by atoms with Crippen LogP contribution in [0.5, 0.6) is 5.75 Å². The highest BCUT2D eigenvalue weighted by Gasteiger charge is 2.12. The van der Waals surface area contributed by atoms with Crippen LogP contribution in [0.4, 0.5) is 0 Å². The van der Waals surface area contributed by atoms with Crippen molar-refractivity contribution in [2.24, 2.45) is 0 Å². The quantitative estimate of drug-likeness (QED) is 0.652. The SMILES string of the molecule is CCCOc1ccc2c(C)c(Cc3ccccc3)c(=O)oc2c1. The van der Waals surface area contributed by atoms with Crippen molar-refractivity contribution in [3.05, 3.63) is 75.6 Å². The van der Waals surface area contributed by atoms with Crippen LogP contribution in [-0.4, -0.2) is 6.61 Å². The fourth-order valence-corrected chi connectivity index (χ4v) is 2.69. The van der Waals surface area contributed by atoms with E-state index in [4.69, 9.17) is 9.15 Å². The van der Waals surface area contributed by atoms with Gasteiger partial charge in [0.1, 0.15) is 11.3 Å². The maximum absolute atomic E-state index is 12.4. The molecule has 0 aliphatic carbocycles. The Morgan fingerprint density at radius 1 is 1.09 bits per heavy atom. The minimum Gasteiger partial charge on any atom is -0.493 e. The largest absolute Gasteiger partial charge is 0.493 e. The van der Waals surface area contributed by atoms with Gasteiger partial charge in [0.2, 0.25) is 0 Å². The van der Waals surface area contributed by atoms with Crippen LogP contribution in [0, 0.1) is 6.92 Å². The van der Waals surface area contributed by atoms with Crippen LogP contribution < -0.4 is 10.4 Å². The maximum Gasteiger partial charge on any atom is 0.340 e. The van der Waals surface area contributed by atoms with E-state index in [1.807, 2.05) is 49.4 Å². The molecule has 0 saturated heterocycles. The predicted octanol–water partition coefficient (Wildman–Crippen LogP) is 4.48. The van der Waals surface area contributed by atoms with E-state index in [9.17, 15) is 4.79 Å². The summed E-state index contributed by atoms with van der Waals surface area (Å²) in [6, 6.07) is 15.7. The summed E-state index contributed by atoms with van der Waals surface area (Å²) in [6.07, 6.45) is 1.52. The lowest BCUT2D eigenvalue weighted by atomic mass is 10.00. The van der Waals surface area contributed by atoms with Crippen molar-refractivity contribution in [1.29, 1.82) is 0 Å². The standard InChI is InChI=1S/C20H20O3/c1-3-11-22-16-9-10-17-14(2)18(20(21)23-19(17)13-16)12-15-7-5-4-6-8-15/h4-10,13H,3,11-12H2,1-2H3. The second kappa shape index (κ2) is 6.69. The first-order valence-corrected chi connectivity index (χ1v) is 7.92. The van der Waals surface area contributed by atoms with Gasteiger partial charge in [-0.05, 0) is 36.6 Å². The van der Waals surface area contributed by atoms with E-state index in [-0.39, 0.29) is 5.63 Å². The first-order valence-electron chi connectivity index (χ1n) is 7.92. The molecule has 3 aromatic rings. The summed E-state index contributed by atoms with van der Waals surface area (Å²) in [7, 11) is 0. The summed E-state index contributed by atoms with van der Waals surface area (Å²) in [4.78, 5) is 12.4. The van der Waals surface area contributed by atoms with Gasteiger partial charge < -0.3 is 9.15 Å². The molecule has 3 nitrogen and oxygen atoms in total. The molecular weight excluding hydrogens is 288 g/mol.